The summed E-state index contributed by atoms with van der Waals surface area (Å²) in [7, 11) is -4.00. The molecular weight excluding hydrogens is 455 g/mol. The Bertz CT molecular complexity index is 1170. The molecule has 0 fully saturated rings. The number of nitrogens with one attached hydrogen (secondary N) is 1. The van der Waals surface area contributed by atoms with Crippen molar-refractivity contribution in [1.29, 1.82) is 0 Å². The van der Waals surface area contributed by atoms with Crippen LogP contribution in [0.4, 0.5) is 10.1 Å². The van der Waals surface area contributed by atoms with Crippen LogP contribution in [0.2, 0.25) is 5.02 Å². The van der Waals surface area contributed by atoms with E-state index in [9.17, 15) is 17.6 Å². The van der Waals surface area contributed by atoms with Gasteiger partial charge in [-0.15, -0.1) is 0 Å². The molecule has 3 rings (SSSR count). The maximum atomic E-state index is 13.3. The van der Waals surface area contributed by atoms with Gasteiger partial charge in [-0.1, -0.05) is 29.8 Å². The van der Waals surface area contributed by atoms with Gasteiger partial charge in [-0.25, -0.2) is 12.8 Å². The minimum Gasteiger partial charge on any atom is -0.492 e. The van der Waals surface area contributed by atoms with Gasteiger partial charge in [0.15, 0.2) is 0 Å². The fraction of sp³-hybridized carbons (Fsp3) is 0.174. The molecule has 0 heterocycles. The average molecular weight is 477 g/mol. The van der Waals surface area contributed by atoms with Crippen molar-refractivity contribution >= 4 is 33.2 Å². The quantitative estimate of drug-likeness (QED) is 0.470. The van der Waals surface area contributed by atoms with Crippen LogP contribution in [0.3, 0.4) is 0 Å². The van der Waals surface area contributed by atoms with Crippen LogP contribution in [0.1, 0.15) is 5.56 Å². The first-order chi connectivity index (χ1) is 15.3. The smallest absolute Gasteiger partial charge is 0.264 e. The maximum Gasteiger partial charge on any atom is 0.264 e. The predicted octanol–water partition coefficient (Wildman–Crippen LogP) is 4.18. The maximum absolute atomic E-state index is 13.3. The van der Waals surface area contributed by atoms with Gasteiger partial charge in [-0.3, -0.25) is 9.10 Å². The second kappa shape index (κ2) is 10.5. The number of hydrogen-bond donors (Lipinski definition) is 1. The monoisotopic (exact) mass is 476 g/mol. The number of amides is 1. The van der Waals surface area contributed by atoms with Crippen molar-refractivity contribution in [2.45, 2.75) is 11.8 Å². The van der Waals surface area contributed by atoms with Gasteiger partial charge in [0, 0.05) is 5.02 Å². The van der Waals surface area contributed by atoms with Gasteiger partial charge < -0.3 is 10.1 Å². The molecule has 0 aliphatic heterocycles. The van der Waals surface area contributed by atoms with Crippen molar-refractivity contribution in [3.63, 3.8) is 0 Å². The molecule has 0 aliphatic rings. The summed E-state index contributed by atoms with van der Waals surface area (Å²) in [6.07, 6.45) is 0. The molecule has 0 aliphatic carbocycles. The van der Waals surface area contributed by atoms with E-state index in [1.807, 2.05) is 0 Å². The lowest BCUT2D eigenvalue weighted by Crippen LogP contribution is -2.42. The van der Waals surface area contributed by atoms with E-state index in [1.54, 1.807) is 43.3 Å². The molecule has 0 atom stereocenters. The lowest BCUT2D eigenvalue weighted by molar-refractivity contribution is -0.119. The van der Waals surface area contributed by atoms with Gasteiger partial charge in [0.05, 0.1) is 17.1 Å². The third-order valence-corrected chi connectivity index (χ3v) is 6.56. The molecule has 0 radical (unpaired) electrons. The Morgan fingerprint density at radius 1 is 1.06 bits per heavy atom. The summed E-state index contributed by atoms with van der Waals surface area (Å²) in [5.41, 5.74) is 0.973. The molecule has 3 aromatic rings. The van der Waals surface area contributed by atoms with E-state index in [-0.39, 0.29) is 23.9 Å². The molecule has 3 aromatic carbocycles. The molecule has 0 unspecified atom stereocenters. The van der Waals surface area contributed by atoms with E-state index >= 15 is 0 Å². The number of nitrogens with zero attached hydrogens (tertiary/aromatic N) is 1. The number of hydrogen-bond acceptors (Lipinski definition) is 4. The van der Waals surface area contributed by atoms with Crippen LogP contribution in [-0.4, -0.2) is 34.0 Å². The van der Waals surface area contributed by atoms with Gasteiger partial charge in [-0.2, -0.15) is 0 Å². The highest BCUT2D eigenvalue weighted by Crippen LogP contribution is 2.28. The summed E-state index contributed by atoms with van der Waals surface area (Å²) in [4.78, 5) is 12.7. The molecule has 0 saturated heterocycles. The van der Waals surface area contributed by atoms with Crippen molar-refractivity contribution in [2.75, 3.05) is 24.0 Å². The van der Waals surface area contributed by atoms with E-state index in [0.717, 1.165) is 4.31 Å². The highest BCUT2D eigenvalue weighted by Gasteiger charge is 2.28. The molecule has 0 aromatic heterocycles. The van der Waals surface area contributed by atoms with E-state index in [0.29, 0.717) is 22.0 Å². The first kappa shape index (κ1) is 23.6. The van der Waals surface area contributed by atoms with Crippen molar-refractivity contribution in [2.24, 2.45) is 0 Å². The minimum atomic E-state index is -4.00. The Morgan fingerprint density at radius 3 is 2.41 bits per heavy atom. The Labute approximate surface area is 191 Å². The zero-order valence-electron chi connectivity index (χ0n) is 17.3. The summed E-state index contributed by atoms with van der Waals surface area (Å²) in [5, 5.41) is 3.11. The van der Waals surface area contributed by atoms with E-state index in [4.69, 9.17) is 16.3 Å². The Balaban J connectivity index is 1.72. The molecular formula is C23H22ClFN2O4S. The van der Waals surface area contributed by atoms with Crippen molar-refractivity contribution in [3.05, 3.63) is 89.2 Å². The lowest BCUT2D eigenvalue weighted by Gasteiger charge is -2.25. The van der Waals surface area contributed by atoms with E-state index < -0.39 is 22.5 Å². The summed E-state index contributed by atoms with van der Waals surface area (Å²) in [6.45, 7) is 1.59. The zero-order chi connectivity index (χ0) is 23.1. The topological polar surface area (TPSA) is 75.7 Å². The van der Waals surface area contributed by atoms with Crippen molar-refractivity contribution < 1.29 is 22.3 Å². The average Bonchev–Trinajstić information content (AvgIpc) is 2.77. The van der Waals surface area contributed by atoms with Gasteiger partial charge in [0.25, 0.3) is 10.0 Å². The van der Waals surface area contributed by atoms with Gasteiger partial charge in [0.2, 0.25) is 5.91 Å². The number of ether oxygens (including phenoxy) is 1. The number of carbonyl (C=O) groups excluding carboxylic acids is 1. The normalized spacial score (nSPS) is 11.1. The second-order valence-electron chi connectivity index (χ2n) is 6.91. The summed E-state index contributed by atoms with van der Waals surface area (Å²) in [5.74, 6) is -0.407. The van der Waals surface area contributed by atoms with Gasteiger partial charge >= 0.3 is 0 Å². The largest absolute Gasteiger partial charge is 0.492 e. The number of benzene rings is 3. The van der Waals surface area contributed by atoms with Crippen LogP contribution in [0, 0.1) is 12.7 Å². The number of rotatable bonds is 9. The predicted molar refractivity (Wildman–Crippen MR) is 122 cm³/mol. The minimum absolute atomic E-state index is 0.0711. The molecule has 0 saturated carbocycles. The number of sulfonamides is 1. The van der Waals surface area contributed by atoms with Gasteiger partial charge in [-0.05, 0) is 67.1 Å². The molecule has 9 heteroatoms. The molecule has 0 bridgehead atoms. The van der Waals surface area contributed by atoms with E-state index in [2.05, 4.69) is 5.32 Å². The summed E-state index contributed by atoms with van der Waals surface area (Å²) >= 11 is 6.02. The molecule has 168 valence electrons. The first-order valence-corrected chi connectivity index (χ1v) is 11.6. The van der Waals surface area contributed by atoms with Crippen LogP contribution in [0.15, 0.2) is 77.7 Å². The number of carbonyl (C=O) groups is 1. The summed E-state index contributed by atoms with van der Waals surface area (Å²) in [6, 6.07) is 18.2. The third kappa shape index (κ3) is 5.99. The standard InChI is InChI=1S/C23H22ClFN2O4S/c1-17-15-18(24)7-12-22(17)27(32(29,30)21-5-3-2-4-6-21)16-23(28)26-13-14-31-20-10-8-19(25)9-11-20/h2-12,15H,13-14,16H2,1H3,(H,26,28). The Kier molecular flexibility index (Phi) is 7.71. The molecule has 32 heavy (non-hydrogen) atoms. The second-order valence-corrected chi connectivity index (χ2v) is 9.21. The molecule has 1 N–H and O–H groups in total. The van der Waals surface area contributed by atoms with Crippen LogP contribution < -0.4 is 14.4 Å². The van der Waals surface area contributed by atoms with Crippen LogP contribution in [0.25, 0.3) is 0 Å². The SMILES string of the molecule is Cc1cc(Cl)ccc1N(CC(=O)NCCOc1ccc(F)cc1)S(=O)(=O)c1ccccc1. The van der Waals surface area contributed by atoms with Crippen molar-refractivity contribution in [3.8, 4) is 5.75 Å². The highest BCUT2D eigenvalue weighted by atomic mass is 35.5. The van der Waals surface area contributed by atoms with Gasteiger partial charge in [0.1, 0.15) is 24.7 Å². The third-order valence-electron chi connectivity index (χ3n) is 4.55. The van der Waals surface area contributed by atoms with Crippen LogP contribution in [0.5, 0.6) is 5.75 Å². The first-order valence-electron chi connectivity index (χ1n) is 9.76. The number of halogens is 2. The molecule has 6 nitrogen and oxygen atoms in total. The van der Waals surface area contributed by atoms with Crippen LogP contribution >= 0.6 is 11.6 Å². The van der Waals surface area contributed by atoms with Crippen molar-refractivity contribution in [1.82, 2.24) is 5.32 Å². The lowest BCUT2D eigenvalue weighted by atomic mass is 10.2. The summed E-state index contributed by atoms with van der Waals surface area (Å²) < 4.78 is 46.1. The van der Waals surface area contributed by atoms with Crippen LogP contribution in [-0.2, 0) is 14.8 Å². The molecule has 0 spiro atoms. The number of aryl methyl sites for hydroxylation is 1. The fourth-order valence-corrected chi connectivity index (χ4v) is 4.73. The highest BCUT2D eigenvalue weighted by molar-refractivity contribution is 7.92. The van der Waals surface area contributed by atoms with E-state index in [1.165, 1.54) is 36.4 Å². The molecule has 1 amide bonds. The fourth-order valence-electron chi connectivity index (χ4n) is 2.99. The Hall–Kier alpha value is -3.10. The number of anilines is 1. The zero-order valence-corrected chi connectivity index (χ0v) is 18.9. The Morgan fingerprint density at radius 2 is 1.75 bits per heavy atom.